The average Bonchev–Trinajstić information content (AvgIpc) is 2.24. The van der Waals surface area contributed by atoms with Crippen LogP contribution in [0.25, 0.3) is 0 Å². The molecule has 0 heterocycles. The van der Waals surface area contributed by atoms with Gasteiger partial charge in [-0.15, -0.1) is 11.6 Å². The monoisotopic (exact) mass is 288 g/mol. The molecule has 1 aromatic rings. The van der Waals surface area contributed by atoms with E-state index in [0.29, 0.717) is 0 Å². The summed E-state index contributed by atoms with van der Waals surface area (Å²) in [5, 5.41) is -1.38. The SMILES string of the molecule is COc1cc(F)c(C(Cl)CCC(F)(F)F)c(F)c1. The number of ether oxygens (including phenoxy) is 1. The minimum Gasteiger partial charge on any atom is -0.497 e. The molecule has 102 valence electrons. The Kier molecular flexibility index (Phi) is 4.78. The van der Waals surface area contributed by atoms with E-state index in [4.69, 9.17) is 11.6 Å². The summed E-state index contributed by atoms with van der Waals surface area (Å²) in [5.74, 6) is -2.10. The maximum Gasteiger partial charge on any atom is 0.389 e. The second-order valence-corrected chi connectivity index (χ2v) is 4.15. The fraction of sp³-hybridized carbons (Fsp3) is 0.455. The highest BCUT2D eigenvalue weighted by Crippen LogP contribution is 2.35. The zero-order valence-electron chi connectivity index (χ0n) is 9.32. The fourth-order valence-electron chi connectivity index (χ4n) is 1.41. The molecule has 0 aromatic heterocycles. The summed E-state index contributed by atoms with van der Waals surface area (Å²) in [5.41, 5.74) is -0.568. The Morgan fingerprint density at radius 2 is 1.72 bits per heavy atom. The minimum absolute atomic E-state index is 0.0616. The standard InChI is InChI=1S/C11H10ClF5O/c1-18-6-4-8(13)10(9(14)5-6)7(12)2-3-11(15,16)17/h4-5,7H,2-3H2,1H3. The molecule has 1 atom stereocenters. The number of alkyl halides is 4. The number of halogens is 6. The van der Waals surface area contributed by atoms with Crippen molar-refractivity contribution in [2.75, 3.05) is 7.11 Å². The molecule has 0 radical (unpaired) electrons. The van der Waals surface area contributed by atoms with Gasteiger partial charge in [-0.1, -0.05) is 0 Å². The molecular formula is C11H10ClF5O. The van der Waals surface area contributed by atoms with E-state index in [-0.39, 0.29) is 5.75 Å². The van der Waals surface area contributed by atoms with Crippen LogP contribution in [0.15, 0.2) is 12.1 Å². The van der Waals surface area contributed by atoms with Crippen molar-refractivity contribution >= 4 is 11.6 Å². The number of hydrogen-bond acceptors (Lipinski definition) is 1. The van der Waals surface area contributed by atoms with Crippen LogP contribution in [0.3, 0.4) is 0 Å². The van der Waals surface area contributed by atoms with Gasteiger partial charge in [0.1, 0.15) is 17.4 Å². The van der Waals surface area contributed by atoms with Crippen LogP contribution in [0.5, 0.6) is 5.75 Å². The molecule has 0 bridgehead atoms. The van der Waals surface area contributed by atoms with Crippen LogP contribution >= 0.6 is 11.6 Å². The molecule has 0 N–H and O–H groups in total. The number of benzene rings is 1. The number of methoxy groups -OCH3 is 1. The van der Waals surface area contributed by atoms with E-state index < -0.39 is 41.6 Å². The smallest absolute Gasteiger partial charge is 0.389 e. The largest absolute Gasteiger partial charge is 0.497 e. The van der Waals surface area contributed by atoms with Gasteiger partial charge < -0.3 is 4.74 Å². The third-order valence-corrected chi connectivity index (χ3v) is 2.72. The van der Waals surface area contributed by atoms with E-state index in [0.717, 1.165) is 12.1 Å². The summed E-state index contributed by atoms with van der Waals surface area (Å²) in [6, 6.07) is 1.75. The van der Waals surface area contributed by atoms with E-state index >= 15 is 0 Å². The van der Waals surface area contributed by atoms with Crippen LogP contribution in [0.2, 0.25) is 0 Å². The maximum atomic E-state index is 13.5. The highest BCUT2D eigenvalue weighted by molar-refractivity contribution is 6.20. The Hall–Kier alpha value is -1.04. The second kappa shape index (κ2) is 5.73. The van der Waals surface area contributed by atoms with Crippen molar-refractivity contribution in [2.24, 2.45) is 0 Å². The van der Waals surface area contributed by atoms with Gasteiger partial charge in [-0.3, -0.25) is 0 Å². The highest BCUT2D eigenvalue weighted by Gasteiger charge is 2.30. The molecule has 1 unspecified atom stereocenters. The molecule has 7 heteroatoms. The number of rotatable bonds is 4. The zero-order valence-corrected chi connectivity index (χ0v) is 10.1. The van der Waals surface area contributed by atoms with Gasteiger partial charge in [-0.25, -0.2) is 8.78 Å². The molecule has 1 rings (SSSR count). The van der Waals surface area contributed by atoms with Crippen molar-refractivity contribution in [3.05, 3.63) is 29.3 Å². The van der Waals surface area contributed by atoms with Crippen LogP contribution in [-0.2, 0) is 0 Å². The quantitative estimate of drug-likeness (QED) is 0.581. The Balaban J connectivity index is 2.89. The summed E-state index contributed by atoms with van der Waals surface area (Å²) in [4.78, 5) is 0. The van der Waals surface area contributed by atoms with E-state index in [9.17, 15) is 22.0 Å². The van der Waals surface area contributed by atoms with Crippen LogP contribution in [0.4, 0.5) is 22.0 Å². The third-order valence-electron chi connectivity index (χ3n) is 2.28. The summed E-state index contributed by atoms with van der Waals surface area (Å²) < 4.78 is 67.5. The van der Waals surface area contributed by atoms with Gasteiger partial charge in [-0.05, 0) is 6.42 Å². The first kappa shape index (κ1) is 15.0. The van der Waals surface area contributed by atoms with Crippen molar-refractivity contribution in [1.29, 1.82) is 0 Å². The Labute approximate surface area is 106 Å². The van der Waals surface area contributed by atoms with E-state index in [2.05, 4.69) is 4.74 Å². The molecule has 0 saturated carbocycles. The van der Waals surface area contributed by atoms with Gasteiger partial charge in [0.2, 0.25) is 0 Å². The minimum atomic E-state index is -4.41. The second-order valence-electron chi connectivity index (χ2n) is 3.63. The lowest BCUT2D eigenvalue weighted by Crippen LogP contribution is -2.09. The molecule has 0 aliphatic rings. The van der Waals surface area contributed by atoms with Crippen molar-refractivity contribution in [1.82, 2.24) is 0 Å². The van der Waals surface area contributed by atoms with Crippen LogP contribution in [0, 0.1) is 11.6 Å². The third kappa shape index (κ3) is 4.01. The van der Waals surface area contributed by atoms with Gasteiger partial charge in [0.05, 0.1) is 12.5 Å². The lowest BCUT2D eigenvalue weighted by Gasteiger charge is -2.14. The van der Waals surface area contributed by atoms with Gasteiger partial charge in [0.25, 0.3) is 0 Å². The Morgan fingerprint density at radius 1 is 1.22 bits per heavy atom. The van der Waals surface area contributed by atoms with E-state index in [1.807, 2.05) is 0 Å². The lowest BCUT2D eigenvalue weighted by molar-refractivity contribution is -0.135. The molecule has 0 amide bonds. The highest BCUT2D eigenvalue weighted by atomic mass is 35.5. The first-order chi connectivity index (χ1) is 8.24. The van der Waals surface area contributed by atoms with Crippen LogP contribution in [0.1, 0.15) is 23.8 Å². The fourth-order valence-corrected chi connectivity index (χ4v) is 1.73. The maximum absolute atomic E-state index is 13.5. The summed E-state index contributed by atoms with van der Waals surface area (Å²) in [6.07, 6.45) is -6.20. The molecule has 1 nitrogen and oxygen atoms in total. The molecule has 0 aliphatic heterocycles. The molecule has 1 aromatic carbocycles. The summed E-state index contributed by atoms with van der Waals surface area (Å²) >= 11 is 5.60. The predicted molar refractivity (Wildman–Crippen MR) is 56.8 cm³/mol. The molecule has 18 heavy (non-hydrogen) atoms. The van der Waals surface area contributed by atoms with E-state index in [1.165, 1.54) is 7.11 Å². The summed E-state index contributed by atoms with van der Waals surface area (Å²) in [6.45, 7) is 0. The van der Waals surface area contributed by atoms with Gasteiger partial charge in [0, 0.05) is 24.1 Å². The van der Waals surface area contributed by atoms with Crippen LogP contribution in [-0.4, -0.2) is 13.3 Å². The Morgan fingerprint density at radius 3 is 2.11 bits per heavy atom. The van der Waals surface area contributed by atoms with Crippen molar-refractivity contribution in [3.63, 3.8) is 0 Å². The molecule has 0 saturated heterocycles. The molecule has 0 spiro atoms. The van der Waals surface area contributed by atoms with Gasteiger partial charge in [0.15, 0.2) is 0 Å². The number of hydrogen-bond donors (Lipinski definition) is 0. The van der Waals surface area contributed by atoms with Crippen molar-refractivity contribution in [3.8, 4) is 5.75 Å². The zero-order chi connectivity index (χ0) is 13.9. The molecular weight excluding hydrogens is 279 g/mol. The molecule has 0 fully saturated rings. The Bertz CT molecular complexity index is 395. The first-order valence-electron chi connectivity index (χ1n) is 4.98. The summed E-state index contributed by atoms with van der Waals surface area (Å²) in [7, 11) is 1.22. The lowest BCUT2D eigenvalue weighted by atomic mass is 10.1. The van der Waals surface area contributed by atoms with Crippen molar-refractivity contribution in [2.45, 2.75) is 24.4 Å². The topological polar surface area (TPSA) is 9.23 Å². The van der Waals surface area contributed by atoms with Gasteiger partial charge >= 0.3 is 6.18 Å². The van der Waals surface area contributed by atoms with Crippen LogP contribution < -0.4 is 4.74 Å². The molecule has 0 aliphatic carbocycles. The first-order valence-corrected chi connectivity index (χ1v) is 5.42. The van der Waals surface area contributed by atoms with E-state index in [1.54, 1.807) is 0 Å². The normalized spacial score (nSPS) is 13.5. The van der Waals surface area contributed by atoms with Gasteiger partial charge in [-0.2, -0.15) is 13.2 Å². The average molecular weight is 289 g/mol. The predicted octanol–water partition coefficient (Wildman–Crippen LogP) is 4.60. The van der Waals surface area contributed by atoms with Crippen molar-refractivity contribution < 1.29 is 26.7 Å².